The Morgan fingerprint density at radius 1 is 1.20 bits per heavy atom. The summed E-state index contributed by atoms with van der Waals surface area (Å²) < 4.78 is 44.7. The normalized spacial score (nSPS) is 15.2. The summed E-state index contributed by atoms with van der Waals surface area (Å²) in [6.45, 7) is 1.39. The zero-order valence-corrected chi connectivity index (χ0v) is 10.2. The Morgan fingerprint density at radius 3 is 1.60 bits per heavy atom. The highest BCUT2D eigenvalue weighted by Crippen LogP contribution is 2.14. The first-order chi connectivity index (χ1) is 6.51. The van der Waals surface area contributed by atoms with Crippen LogP contribution in [0.25, 0.3) is 0 Å². The molecule has 9 heteroatoms. The molecule has 0 radical (unpaired) electrons. The highest BCUT2D eigenvalue weighted by atomic mass is 32.3. The van der Waals surface area contributed by atoms with E-state index in [2.05, 4.69) is 0 Å². The summed E-state index contributed by atoms with van der Waals surface area (Å²) in [6, 6.07) is -1.59. The van der Waals surface area contributed by atoms with Gasteiger partial charge in [-0.3, -0.25) is 4.79 Å². The number of hydrogen-bond donors (Lipinski definition) is 1. The minimum absolute atomic E-state index is 0.0162. The van der Waals surface area contributed by atoms with Gasteiger partial charge in [0, 0.05) is 0 Å². The van der Waals surface area contributed by atoms with Crippen LogP contribution in [0.2, 0.25) is 0 Å². The van der Waals surface area contributed by atoms with Gasteiger partial charge in [-0.1, -0.05) is 10.6 Å². The lowest BCUT2D eigenvalue weighted by Gasteiger charge is -2.23. The van der Waals surface area contributed by atoms with Crippen LogP contribution in [0.15, 0.2) is 0 Å². The van der Waals surface area contributed by atoms with Crippen LogP contribution in [0.1, 0.15) is 13.3 Å². The first kappa shape index (κ1) is 14.3. The second-order valence-electron chi connectivity index (χ2n) is 3.01. The van der Waals surface area contributed by atoms with Gasteiger partial charge in [-0.25, -0.2) is 16.8 Å². The molecule has 0 spiro atoms. The van der Waals surface area contributed by atoms with Crippen LogP contribution >= 0.6 is 0 Å². The maximum Gasteiger partial charge on any atom is 0.323 e. The van der Waals surface area contributed by atoms with E-state index in [1.165, 1.54) is 6.92 Å². The van der Waals surface area contributed by atoms with Crippen LogP contribution in [0.3, 0.4) is 0 Å². The van der Waals surface area contributed by atoms with Crippen LogP contribution in [0.4, 0.5) is 0 Å². The van der Waals surface area contributed by atoms with E-state index in [0.29, 0.717) is 12.5 Å². The zero-order valence-electron chi connectivity index (χ0n) is 8.54. The van der Waals surface area contributed by atoms with E-state index in [-0.39, 0.29) is 10.1 Å². The predicted molar refractivity (Wildman–Crippen MR) is 53.2 cm³/mol. The summed E-state index contributed by atoms with van der Waals surface area (Å²) in [4.78, 5) is 10.7. The number of carboxylic acid groups (broad SMARTS) is 1. The van der Waals surface area contributed by atoms with Gasteiger partial charge in [0.2, 0.25) is 20.0 Å². The lowest BCUT2D eigenvalue weighted by Crippen LogP contribution is -2.47. The fourth-order valence-corrected chi connectivity index (χ4v) is 4.49. The summed E-state index contributed by atoms with van der Waals surface area (Å²) in [7, 11) is -8.23. The van der Waals surface area contributed by atoms with Gasteiger partial charge in [-0.2, -0.15) is 0 Å². The quantitative estimate of drug-likeness (QED) is 0.683. The first-order valence-electron chi connectivity index (χ1n) is 3.94. The maximum absolute atomic E-state index is 11.2. The van der Waals surface area contributed by atoms with Crippen LogP contribution in [0.5, 0.6) is 0 Å². The van der Waals surface area contributed by atoms with Gasteiger partial charge in [0.05, 0.1) is 12.5 Å². The Kier molecular flexibility index (Phi) is 4.26. The Bertz CT molecular complexity index is 404. The third-order valence-electron chi connectivity index (χ3n) is 1.58. The third kappa shape index (κ3) is 3.76. The molecule has 0 aromatic rings. The topological polar surface area (TPSA) is 109 Å². The lowest BCUT2D eigenvalue weighted by molar-refractivity contribution is -0.140. The zero-order chi connectivity index (χ0) is 12.4. The van der Waals surface area contributed by atoms with Gasteiger partial charge in [0.1, 0.15) is 6.04 Å². The van der Waals surface area contributed by atoms with Crippen LogP contribution in [-0.4, -0.2) is 50.2 Å². The Morgan fingerprint density at radius 2 is 1.53 bits per heavy atom. The monoisotopic (exact) mass is 259 g/mol. The second kappa shape index (κ2) is 4.45. The fourth-order valence-electron chi connectivity index (χ4n) is 1.12. The smallest absolute Gasteiger partial charge is 0.323 e. The Balaban J connectivity index is 5.61. The summed E-state index contributed by atoms with van der Waals surface area (Å²) in [6.07, 6.45) is 1.18. The fraction of sp³-hybridized carbons (Fsp3) is 0.833. The van der Waals surface area contributed by atoms with Crippen molar-refractivity contribution in [1.29, 1.82) is 0 Å². The van der Waals surface area contributed by atoms with E-state index >= 15 is 0 Å². The first-order valence-corrected chi connectivity index (χ1v) is 7.63. The van der Waals surface area contributed by atoms with Crippen LogP contribution in [0, 0.1) is 0 Å². The number of carboxylic acids is 1. The number of rotatable bonds is 5. The summed E-state index contributed by atoms with van der Waals surface area (Å²) >= 11 is 0. The average Bonchev–Trinajstić information content (AvgIpc) is 1.93. The van der Waals surface area contributed by atoms with E-state index in [4.69, 9.17) is 5.11 Å². The molecule has 0 fully saturated rings. The third-order valence-corrected chi connectivity index (χ3v) is 5.02. The van der Waals surface area contributed by atoms with E-state index in [1.54, 1.807) is 0 Å². The van der Waals surface area contributed by atoms with Crippen molar-refractivity contribution in [2.75, 3.05) is 12.5 Å². The second-order valence-corrected chi connectivity index (χ2v) is 6.96. The summed E-state index contributed by atoms with van der Waals surface area (Å²) in [5.74, 6) is -1.49. The van der Waals surface area contributed by atoms with Gasteiger partial charge in [0.15, 0.2) is 0 Å². The number of aliphatic carboxylic acids is 1. The van der Waals surface area contributed by atoms with Gasteiger partial charge in [-0.15, -0.1) is 0 Å². The molecule has 7 nitrogen and oxygen atoms in total. The Hall–Kier alpha value is -0.670. The summed E-state index contributed by atoms with van der Waals surface area (Å²) in [5, 5.41) is 8.70. The average molecular weight is 259 g/mol. The minimum atomic E-state index is -4.11. The van der Waals surface area contributed by atoms with Crippen molar-refractivity contribution in [1.82, 2.24) is 3.71 Å². The molecule has 0 saturated carbocycles. The van der Waals surface area contributed by atoms with Gasteiger partial charge in [0.25, 0.3) is 0 Å². The SMILES string of the molecule is CCC(C(=O)O)N(S(C)(=O)=O)S(C)(=O)=O. The molecular formula is C6H13NO6S2. The predicted octanol–water partition coefficient (Wildman–Crippen LogP) is -0.929. The van der Waals surface area contributed by atoms with Crippen molar-refractivity contribution < 1.29 is 26.7 Å². The molecule has 0 rings (SSSR count). The molecule has 0 amide bonds. The largest absolute Gasteiger partial charge is 0.480 e. The van der Waals surface area contributed by atoms with Crippen molar-refractivity contribution in [2.45, 2.75) is 19.4 Å². The molecule has 0 aromatic carbocycles. The lowest BCUT2D eigenvalue weighted by atomic mass is 10.2. The van der Waals surface area contributed by atoms with Crippen LogP contribution < -0.4 is 0 Å². The van der Waals surface area contributed by atoms with Crippen molar-refractivity contribution in [3.05, 3.63) is 0 Å². The highest BCUT2D eigenvalue weighted by molar-refractivity contribution is 8.03. The molecular weight excluding hydrogens is 246 g/mol. The van der Waals surface area contributed by atoms with E-state index in [0.717, 1.165) is 0 Å². The molecule has 0 aromatic heterocycles. The maximum atomic E-state index is 11.2. The molecule has 0 aliphatic heterocycles. The molecule has 0 aliphatic rings. The van der Waals surface area contributed by atoms with E-state index in [9.17, 15) is 21.6 Å². The number of carbonyl (C=O) groups is 1. The molecule has 0 aliphatic carbocycles. The molecule has 1 atom stereocenters. The molecule has 1 N–H and O–H groups in total. The van der Waals surface area contributed by atoms with E-state index in [1.807, 2.05) is 0 Å². The number of sulfonamides is 2. The van der Waals surface area contributed by atoms with Gasteiger partial charge in [-0.05, 0) is 6.42 Å². The highest BCUT2D eigenvalue weighted by Gasteiger charge is 2.38. The Labute approximate surface area is 88.8 Å². The van der Waals surface area contributed by atoms with Crippen LogP contribution in [-0.2, 0) is 24.8 Å². The molecule has 0 bridgehead atoms. The number of hydrogen-bond acceptors (Lipinski definition) is 5. The van der Waals surface area contributed by atoms with E-state index < -0.39 is 32.1 Å². The van der Waals surface area contributed by atoms with Crippen molar-refractivity contribution in [3.8, 4) is 0 Å². The van der Waals surface area contributed by atoms with Crippen molar-refractivity contribution in [2.24, 2.45) is 0 Å². The molecule has 0 heterocycles. The minimum Gasteiger partial charge on any atom is -0.480 e. The van der Waals surface area contributed by atoms with Gasteiger partial charge >= 0.3 is 5.97 Å². The molecule has 90 valence electrons. The molecule has 1 unspecified atom stereocenters. The number of nitrogens with zero attached hydrogens (tertiary/aromatic N) is 1. The standard InChI is InChI=1S/C6H13NO6S2/c1-4-5(6(8)9)7(14(2,10)11)15(3,12)13/h5H,4H2,1-3H3,(H,8,9). The van der Waals surface area contributed by atoms with Gasteiger partial charge < -0.3 is 5.11 Å². The molecule has 0 saturated heterocycles. The van der Waals surface area contributed by atoms with Crippen molar-refractivity contribution >= 4 is 26.0 Å². The summed E-state index contributed by atoms with van der Waals surface area (Å²) in [5.41, 5.74) is 0. The van der Waals surface area contributed by atoms with Crippen molar-refractivity contribution in [3.63, 3.8) is 0 Å². The molecule has 15 heavy (non-hydrogen) atoms.